The highest BCUT2D eigenvalue weighted by Crippen LogP contribution is 2.23. The number of nitrogens with two attached hydrogens (primary N) is 1. The van der Waals surface area contributed by atoms with Crippen LogP contribution in [0.15, 0.2) is 97.1 Å². The van der Waals surface area contributed by atoms with Crippen molar-refractivity contribution in [3.8, 4) is 5.75 Å². The van der Waals surface area contributed by atoms with Gasteiger partial charge in [0.2, 0.25) is 0 Å². The lowest BCUT2D eigenvalue weighted by Crippen LogP contribution is -2.23. The number of hydrogen-bond donors (Lipinski definition) is 1. The Kier molecular flexibility index (Phi) is 6.73. The van der Waals surface area contributed by atoms with E-state index in [0.29, 0.717) is 17.7 Å². The number of rotatable bonds is 9. The molecule has 0 aliphatic heterocycles. The summed E-state index contributed by atoms with van der Waals surface area (Å²) in [6.07, 6.45) is 0.330. The number of fused-ring (bicyclic) bond motifs is 1. The van der Waals surface area contributed by atoms with Crippen LogP contribution in [0.3, 0.4) is 0 Å². The number of Topliss-reactive ketones (excluding diaryl/α,β-unsaturated/α-hetero) is 2. The average molecular weight is 424 g/mol. The van der Waals surface area contributed by atoms with E-state index in [1.165, 1.54) is 0 Å². The third kappa shape index (κ3) is 5.10. The zero-order chi connectivity index (χ0) is 22.3. The first-order valence-electron chi connectivity index (χ1n) is 10.7. The van der Waals surface area contributed by atoms with E-state index in [0.717, 1.165) is 21.9 Å². The van der Waals surface area contributed by atoms with Gasteiger partial charge < -0.3 is 10.5 Å². The van der Waals surface area contributed by atoms with Crippen molar-refractivity contribution in [2.45, 2.75) is 12.3 Å². The molecule has 160 valence electrons. The molecule has 0 aliphatic carbocycles. The molecule has 4 nitrogen and oxygen atoms in total. The van der Waals surface area contributed by atoms with Gasteiger partial charge in [-0.1, -0.05) is 84.9 Å². The molecule has 0 aromatic heterocycles. The number of carbonyl (C=O) groups excluding carboxylic acids is 2. The Morgan fingerprint density at radius 1 is 0.781 bits per heavy atom. The van der Waals surface area contributed by atoms with Crippen molar-refractivity contribution in [1.29, 1.82) is 0 Å². The first kappa shape index (κ1) is 21.5. The van der Waals surface area contributed by atoms with Crippen molar-refractivity contribution in [3.63, 3.8) is 0 Å². The van der Waals surface area contributed by atoms with Crippen LogP contribution in [0.25, 0.3) is 10.8 Å². The maximum atomic E-state index is 13.0. The van der Waals surface area contributed by atoms with Gasteiger partial charge in [0.1, 0.15) is 11.5 Å². The Morgan fingerprint density at radius 3 is 2.19 bits per heavy atom. The normalized spacial score (nSPS) is 11.8. The minimum atomic E-state index is -0.388. The van der Waals surface area contributed by atoms with Crippen LogP contribution in [0, 0.1) is 0 Å². The lowest BCUT2D eigenvalue weighted by Gasteiger charge is -2.15. The lowest BCUT2D eigenvalue weighted by atomic mass is 9.90. The Balaban J connectivity index is 1.39. The summed E-state index contributed by atoms with van der Waals surface area (Å²) < 4.78 is 5.62. The molecule has 4 rings (SSSR count). The van der Waals surface area contributed by atoms with Crippen molar-refractivity contribution >= 4 is 22.3 Å². The van der Waals surface area contributed by atoms with Gasteiger partial charge in [0.25, 0.3) is 0 Å². The van der Waals surface area contributed by atoms with Crippen molar-refractivity contribution < 1.29 is 14.3 Å². The first-order chi connectivity index (χ1) is 15.6. The molecule has 0 heterocycles. The molecule has 4 aromatic carbocycles. The summed E-state index contributed by atoms with van der Waals surface area (Å²) in [5.41, 5.74) is 8.40. The molecule has 1 unspecified atom stereocenters. The van der Waals surface area contributed by atoms with E-state index in [9.17, 15) is 9.59 Å². The monoisotopic (exact) mass is 423 g/mol. The van der Waals surface area contributed by atoms with E-state index >= 15 is 0 Å². The molecule has 0 bridgehead atoms. The highest BCUT2D eigenvalue weighted by Gasteiger charge is 2.19. The number of ketones is 2. The molecule has 0 amide bonds. The Bertz CT molecular complexity index is 1220. The van der Waals surface area contributed by atoms with Gasteiger partial charge in [-0.05, 0) is 34.0 Å². The van der Waals surface area contributed by atoms with Gasteiger partial charge in [-0.25, -0.2) is 0 Å². The highest BCUT2D eigenvalue weighted by atomic mass is 16.5. The fourth-order valence-electron chi connectivity index (χ4n) is 3.78. The second kappa shape index (κ2) is 10.0. The van der Waals surface area contributed by atoms with Crippen LogP contribution in [0.4, 0.5) is 0 Å². The van der Waals surface area contributed by atoms with E-state index in [4.69, 9.17) is 10.5 Å². The summed E-state index contributed by atoms with van der Waals surface area (Å²) in [4.78, 5) is 25.2. The van der Waals surface area contributed by atoms with E-state index in [-0.39, 0.29) is 30.6 Å². The van der Waals surface area contributed by atoms with Gasteiger partial charge in [-0.3, -0.25) is 9.59 Å². The largest absolute Gasteiger partial charge is 0.485 e. The molecule has 4 aromatic rings. The molecule has 0 fully saturated rings. The lowest BCUT2D eigenvalue weighted by molar-refractivity contribution is -0.119. The molecule has 32 heavy (non-hydrogen) atoms. The predicted molar refractivity (Wildman–Crippen MR) is 127 cm³/mol. The van der Waals surface area contributed by atoms with E-state index in [1.54, 1.807) is 24.3 Å². The summed E-state index contributed by atoms with van der Waals surface area (Å²) in [5.74, 6) is 0.188. The zero-order valence-electron chi connectivity index (χ0n) is 17.7. The minimum absolute atomic E-state index is 0.0371. The zero-order valence-corrected chi connectivity index (χ0v) is 17.7. The van der Waals surface area contributed by atoms with Crippen LogP contribution in [0.2, 0.25) is 0 Å². The van der Waals surface area contributed by atoms with E-state index in [2.05, 4.69) is 12.1 Å². The summed E-state index contributed by atoms with van der Waals surface area (Å²) >= 11 is 0. The fourth-order valence-corrected chi connectivity index (χ4v) is 3.78. The smallest absolute Gasteiger partial charge is 0.200 e. The average Bonchev–Trinajstić information content (AvgIpc) is 2.84. The Morgan fingerprint density at radius 2 is 1.47 bits per heavy atom. The molecule has 1 atom stereocenters. The first-order valence-corrected chi connectivity index (χ1v) is 10.7. The highest BCUT2D eigenvalue weighted by molar-refractivity contribution is 5.97. The van der Waals surface area contributed by atoms with Gasteiger partial charge in [0.15, 0.2) is 12.4 Å². The van der Waals surface area contributed by atoms with E-state index < -0.39 is 0 Å². The summed E-state index contributed by atoms with van der Waals surface area (Å²) in [6.45, 7) is 0.198. The molecule has 4 heteroatoms. The predicted octanol–water partition coefficient (Wildman–Crippen LogP) is 4.96. The number of benzene rings is 4. The van der Waals surface area contributed by atoms with Crippen LogP contribution in [0.5, 0.6) is 5.75 Å². The standard InChI is InChI=1S/C28H25NO3/c29-18-26(27(30)17-20-10-11-21-6-4-5-9-24(21)16-20)22-12-14-25(15-13-22)32-19-28(31)23-7-2-1-3-8-23/h1-16,26H,17-19,29H2. The third-order valence-corrected chi connectivity index (χ3v) is 5.56. The summed E-state index contributed by atoms with van der Waals surface area (Å²) in [7, 11) is 0. The molecule has 0 aliphatic rings. The van der Waals surface area contributed by atoms with Crippen molar-refractivity contribution in [2.24, 2.45) is 5.73 Å². The minimum Gasteiger partial charge on any atom is -0.485 e. The van der Waals surface area contributed by atoms with Gasteiger partial charge in [-0.15, -0.1) is 0 Å². The Labute approximate surface area is 187 Å². The Hall–Kier alpha value is -3.76. The van der Waals surface area contributed by atoms with Crippen LogP contribution < -0.4 is 10.5 Å². The number of ether oxygens (including phenoxy) is 1. The molecule has 0 spiro atoms. The van der Waals surface area contributed by atoms with Gasteiger partial charge in [-0.2, -0.15) is 0 Å². The molecular formula is C28H25NO3. The number of carbonyl (C=O) groups is 2. The topological polar surface area (TPSA) is 69.4 Å². The number of hydrogen-bond acceptors (Lipinski definition) is 4. The van der Waals surface area contributed by atoms with Crippen molar-refractivity contribution in [3.05, 3.63) is 114 Å². The SMILES string of the molecule is NCC(C(=O)Cc1ccc2ccccc2c1)c1ccc(OCC(=O)c2ccccc2)cc1. The molecule has 0 saturated heterocycles. The second-order valence-electron chi connectivity index (χ2n) is 7.76. The third-order valence-electron chi connectivity index (χ3n) is 5.56. The maximum Gasteiger partial charge on any atom is 0.200 e. The quantitative estimate of drug-likeness (QED) is 0.387. The summed E-state index contributed by atoms with van der Waals surface area (Å²) in [5, 5.41) is 2.27. The van der Waals surface area contributed by atoms with Crippen LogP contribution >= 0.6 is 0 Å². The van der Waals surface area contributed by atoms with Crippen LogP contribution in [0.1, 0.15) is 27.4 Å². The molecular weight excluding hydrogens is 398 g/mol. The molecule has 0 saturated carbocycles. The molecule has 2 N–H and O–H groups in total. The van der Waals surface area contributed by atoms with Gasteiger partial charge in [0.05, 0.1) is 5.92 Å². The molecule has 0 radical (unpaired) electrons. The maximum absolute atomic E-state index is 13.0. The second-order valence-corrected chi connectivity index (χ2v) is 7.76. The van der Waals surface area contributed by atoms with Crippen LogP contribution in [-0.4, -0.2) is 24.7 Å². The van der Waals surface area contributed by atoms with Crippen molar-refractivity contribution in [2.75, 3.05) is 13.2 Å². The van der Waals surface area contributed by atoms with E-state index in [1.807, 2.05) is 60.7 Å². The fraction of sp³-hybridized carbons (Fsp3) is 0.143. The summed E-state index contributed by atoms with van der Waals surface area (Å²) in [6, 6.07) is 30.5. The van der Waals surface area contributed by atoms with Gasteiger partial charge >= 0.3 is 0 Å². The van der Waals surface area contributed by atoms with Gasteiger partial charge in [0, 0.05) is 18.5 Å². The van der Waals surface area contributed by atoms with Crippen LogP contribution in [-0.2, 0) is 11.2 Å². The van der Waals surface area contributed by atoms with Crippen molar-refractivity contribution in [1.82, 2.24) is 0 Å².